The predicted octanol–water partition coefficient (Wildman–Crippen LogP) is 1.67. The predicted molar refractivity (Wildman–Crippen MR) is 81.9 cm³/mol. The van der Waals surface area contributed by atoms with Crippen molar-refractivity contribution in [1.82, 2.24) is 0 Å². The second-order valence-corrected chi connectivity index (χ2v) is 4.79. The Morgan fingerprint density at radius 1 is 0.760 bits per heavy atom. The Balaban J connectivity index is 3.47. The zero-order valence-electron chi connectivity index (χ0n) is 14.4. The zero-order valence-corrected chi connectivity index (χ0v) is 14.4. The maximum absolute atomic E-state index is 11.3. The van der Waals surface area contributed by atoms with Gasteiger partial charge in [0.1, 0.15) is 0 Å². The molecule has 9 heteroatoms. The third-order valence-corrected chi connectivity index (χ3v) is 2.58. The lowest BCUT2D eigenvalue weighted by Gasteiger charge is -2.20. The fraction of sp³-hybridized carbons (Fsp3) is 0.375. The van der Waals surface area contributed by atoms with Gasteiger partial charge in [-0.15, -0.1) is 0 Å². The van der Waals surface area contributed by atoms with Crippen LogP contribution in [0.15, 0.2) is 12.1 Å². The van der Waals surface area contributed by atoms with Crippen molar-refractivity contribution in [2.24, 2.45) is 0 Å². The van der Waals surface area contributed by atoms with Gasteiger partial charge in [-0.3, -0.25) is 19.2 Å². The van der Waals surface area contributed by atoms with Gasteiger partial charge in [-0.2, -0.15) is 0 Å². The van der Waals surface area contributed by atoms with Crippen molar-refractivity contribution in [1.29, 1.82) is 0 Å². The first-order valence-electron chi connectivity index (χ1n) is 7.07. The first-order chi connectivity index (χ1) is 11.6. The first kappa shape index (κ1) is 19.9. The number of benzene rings is 1. The van der Waals surface area contributed by atoms with Crippen LogP contribution in [0.25, 0.3) is 0 Å². The van der Waals surface area contributed by atoms with Crippen LogP contribution in [0.2, 0.25) is 0 Å². The maximum atomic E-state index is 11.3. The van der Waals surface area contributed by atoms with Gasteiger partial charge in [0.2, 0.25) is 5.75 Å². The molecule has 0 aromatic heterocycles. The third-order valence-electron chi connectivity index (χ3n) is 2.58. The summed E-state index contributed by atoms with van der Waals surface area (Å²) < 4.78 is 25.0. The molecule has 0 heterocycles. The molecule has 136 valence electrons. The van der Waals surface area contributed by atoms with Crippen molar-refractivity contribution in [3.05, 3.63) is 17.7 Å². The number of carbonyl (C=O) groups is 4. The summed E-state index contributed by atoms with van der Waals surface area (Å²) in [6, 6.07) is 2.56. The van der Waals surface area contributed by atoms with E-state index in [1.807, 2.05) is 0 Å². The van der Waals surface area contributed by atoms with Gasteiger partial charge in [0.25, 0.3) is 6.29 Å². The average Bonchev–Trinajstić information content (AvgIpc) is 2.46. The van der Waals surface area contributed by atoms with E-state index in [1.165, 1.54) is 19.2 Å². The summed E-state index contributed by atoms with van der Waals surface area (Å²) in [5, 5.41) is 0. The molecule has 0 saturated carbocycles. The standard InChI is InChI=1S/C16H18O9/c1-8(17)22-14-7-12(16(24-10(3)19)25-11(4)20)6-13(21-5)15(14)23-9(2)18/h6-7,16H,1-5H3. The van der Waals surface area contributed by atoms with E-state index >= 15 is 0 Å². The molecule has 1 rings (SSSR count). The van der Waals surface area contributed by atoms with E-state index in [9.17, 15) is 19.2 Å². The van der Waals surface area contributed by atoms with Crippen molar-refractivity contribution in [2.45, 2.75) is 34.0 Å². The third kappa shape index (κ3) is 6.13. The molecule has 0 spiro atoms. The summed E-state index contributed by atoms with van der Waals surface area (Å²) in [6.07, 6.45) is -1.40. The first-order valence-corrected chi connectivity index (χ1v) is 7.07. The summed E-state index contributed by atoms with van der Waals surface area (Å²) in [5.41, 5.74) is 0.134. The molecule has 0 unspecified atom stereocenters. The van der Waals surface area contributed by atoms with E-state index in [1.54, 1.807) is 0 Å². The zero-order chi connectivity index (χ0) is 19.1. The fourth-order valence-corrected chi connectivity index (χ4v) is 1.82. The van der Waals surface area contributed by atoms with E-state index in [0.717, 1.165) is 27.7 Å². The normalized spacial score (nSPS) is 10.0. The molecule has 0 N–H and O–H groups in total. The summed E-state index contributed by atoms with van der Waals surface area (Å²) in [7, 11) is 1.29. The number of methoxy groups -OCH3 is 1. The highest BCUT2D eigenvalue weighted by Gasteiger charge is 2.25. The number of rotatable bonds is 6. The van der Waals surface area contributed by atoms with Gasteiger partial charge < -0.3 is 23.7 Å². The van der Waals surface area contributed by atoms with Gasteiger partial charge in [0, 0.05) is 33.3 Å². The monoisotopic (exact) mass is 354 g/mol. The Bertz CT molecular complexity index is 677. The molecule has 0 aliphatic heterocycles. The number of ether oxygens (including phenoxy) is 5. The molecule has 0 radical (unpaired) electrons. The van der Waals surface area contributed by atoms with Gasteiger partial charge in [0.15, 0.2) is 11.5 Å². The van der Waals surface area contributed by atoms with Crippen molar-refractivity contribution in [3.8, 4) is 17.2 Å². The molecule has 0 amide bonds. The molecule has 0 atom stereocenters. The highest BCUT2D eigenvalue weighted by Crippen LogP contribution is 2.41. The minimum atomic E-state index is -1.40. The van der Waals surface area contributed by atoms with Crippen LogP contribution in [-0.4, -0.2) is 31.0 Å². The molecule has 1 aromatic carbocycles. The molecule has 0 fully saturated rings. The Morgan fingerprint density at radius 3 is 1.64 bits per heavy atom. The highest BCUT2D eigenvalue weighted by molar-refractivity contribution is 5.76. The van der Waals surface area contributed by atoms with E-state index in [-0.39, 0.29) is 22.8 Å². The molecule has 25 heavy (non-hydrogen) atoms. The summed E-state index contributed by atoms with van der Waals surface area (Å²) in [4.78, 5) is 45.1. The topological polar surface area (TPSA) is 114 Å². The van der Waals surface area contributed by atoms with Crippen molar-refractivity contribution in [3.63, 3.8) is 0 Å². The molecule has 0 saturated heterocycles. The molecular weight excluding hydrogens is 336 g/mol. The van der Waals surface area contributed by atoms with Crippen LogP contribution >= 0.6 is 0 Å². The van der Waals surface area contributed by atoms with Gasteiger partial charge in [0.05, 0.1) is 7.11 Å². The Morgan fingerprint density at radius 2 is 1.24 bits per heavy atom. The van der Waals surface area contributed by atoms with Crippen LogP contribution in [-0.2, 0) is 28.7 Å². The van der Waals surface area contributed by atoms with Gasteiger partial charge in [-0.1, -0.05) is 0 Å². The lowest BCUT2D eigenvalue weighted by molar-refractivity contribution is -0.186. The number of hydrogen-bond acceptors (Lipinski definition) is 9. The van der Waals surface area contributed by atoms with Crippen LogP contribution < -0.4 is 14.2 Å². The molecule has 9 nitrogen and oxygen atoms in total. The Labute approximate surface area is 143 Å². The van der Waals surface area contributed by atoms with Crippen LogP contribution in [0, 0.1) is 0 Å². The lowest BCUT2D eigenvalue weighted by atomic mass is 10.1. The van der Waals surface area contributed by atoms with Crippen LogP contribution in [0.5, 0.6) is 17.2 Å². The molecule has 0 aliphatic rings. The summed E-state index contributed by atoms with van der Waals surface area (Å²) in [6.45, 7) is 4.57. The fourth-order valence-electron chi connectivity index (χ4n) is 1.82. The highest BCUT2D eigenvalue weighted by atomic mass is 16.7. The SMILES string of the molecule is COc1cc(C(OC(C)=O)OC(C)=O)cc(OC(C)=O)c1OC(C)=O. The van der Waals surface area contributed by atoms with Crippen molar-refractivity contribution >= 4 is 23.9 Å². The number of esters is 4. The van der Waals surface area contributed by atoms with E-state index in [0.29, 0.717) is 0 Å². The van der Waals surface area contributed by atoms with Crippen molar-refractivity contribution in [2.75, 3.05) is 7.11 Å². The Kier molecular flexibility index (Phi) is 6.92. The van der Waals surface area contributed by atoms with Crippen LogP contribution in [0.4, 0.5) is 0 Å². The lowest BCUT2D eigenvalue weighted by Crippen LogP contribution is -2.16. The van der Waals surface area contributed by atoms with Crippen molar-refractivity contribution < 1.29 is 42.9 Å². The van der Waals surface area contributed by atoms with E-state index in [2.05, 4.69) is 0 Å². The summed E-state index contributed by atoms with van der Waals surface area (Å²) in [5.74, 6) is -3.07. The minimum Gasteiger partial charge on any atom is -0.493 e. The maximum Gasteiger partial charge on any atom is 0.308 e. The largest absolute Gasteiger partial charge is 0.493 e. The van der Waals surface area contributed by atoms with Crippen LogP contribution in [0.3, 0.4) is 0 Å². The smallest absolute Gasteiger partial charge is 0.308 e. The number of hydrogen-bond donors (Lipinski definition) is 0. The van der Waals surface area contributed by atoms with Gasteiger partial charge in [-0.25, -0.2) is 0 Å². The van der Waals surface area contributed by atoms with Gasteiger partial charge in [-0.05, 0) is 12.1 Å². The van der Waals surface area contributed by atoms with E-state index < -0.39 is 30.2 Å². The second-order valence-electron chi connectivity index (χ2n) is 4.79. The molecule has 0 aliphatic carbocycles. The molecule has 0 bridgehead atoms. The Hall–Kier alpha value is -3.10. The van der Waals surface area contributed by atoms with Gasteiger partial charge >= 0.3 is 23.9 Å². The average molecular weight is 354 g/mol. The second kappa shape index (κ2) is 8.67. The van der Waals surface area contributed by atoms with E-state index in [4.69, 9.17) is 23.7 Å². The quantitative estimate of drug-likeness (QED) is 0.427. The number of carbonyl (C=O) groups excluding carboxylic acids is 4. The minimum absolute atomic E-state index is 0.00764. The molecule has 1 aromatic rings. The van der Waals surface area contributed by atoms with Crippen LogP contribution in [0.1, 0.15) is 39.5 Å². The summed E-state index contributed by atoms with van der Waals surface area (Å²) >= 11 is 0. The molecular formula is C16H18O9.